The van der Waals surface area contributed by atoms with Gasteiger partial charge in [0.05, 0.1) is 18.1 Å². The summed E-state index contributed by atoms with van der Waals surface area (Å²) in [7, 11) is 0. The first-order valence-corrected chi connectivity index (χ1v) is 19.8. The molecule has 4 aromatic rings. The SMILES string of the molecule is N=C(N)c1ccc(CC(NC(=O)C(N)Cc2ccc(O)cc2)C(=O)CC2(CC(=O)N3CCN(C4c5ccccc5NC(=O)c5ccccc54)CC3)CCCC2)cc1. The third kappa shape index (κ3) is 9.08. The Hall–Kier alpha value is -5.85. The summed E-state index contributed by atoms with van der Waals surface area (Å²) in [6.07, 6.45) is 4.17. The lowest BCUT2D eigenvalue weighted by molar-refractivity contribution is -0.137. The normalized spacial score (nSPS) is 18.6. The van der Waals surface area contributed by atoms with Gasteiger partial charge in [0, 0.05) is 55.8 Å². The molecule has 0 bridgehead atoms. The molecule has 12 heteroatoms. The zero-order valence-electron chi connectivity index (χ0n) is 32.1. The predicted molar refractivity (Wildman–Crippen MR) is 219 cm³/mol. The number of fused-ring (bicyclic) bond motifs is 2. The Morgan fingerprint density at radius 3 is 2.12 bits per heavy atom. The number of phenolic OH excluding ortho intramolecular Hbond substituents is 1. The van der Waals surface area contributed by atoms with Crippen LogP contribution in [0.15, 0.2) is 97.1 Å². The summed E-state index contributed by atoms with van der Waals surface area (Å²) >= 11 is 0. The van der Waals surface area contributed by atoms with Crippen molar-refractivity contribution in [1.82, 2.24) is 15.1 Å². The maximum absolute atomic E-state index is 14.4. The number of benzene rings is 4. The number of nitrogens with zero attached hydrogens (tertiary/aromatic N) is 2. The van der Waals surface area contributed by atoms with Crippen LogP contribution in [0.1, 0.15) is 82.7 Å². The van der Waals surface area contributed by atoms with Crippen molar-refractivity contribution in [2.24, 2.45) is 16.9 Å². The molecular weight excluding hydrogens is 719 g/mol. The molecule has 0 aromatic heterocycles. The Labute approximate surface area is 333 Å². The van der Waals surface area contributed by atoms with E-state index in [1.165, 1.54) is 12.1 Å². The summed E-state index contributed by atoms with van der Waals surface area (Å²) in [5, 5.41) is 23.4. The summed E-state index contributed by atoms with van der Waals surface area (Å²) in [4.78, 5) is 59.5. The highest BCUT2D eigenvalue weighted by Crippen LogP contribution is 2.45. The number of phenols is 1. The predicted octanol–water partition coefficient (Wildman–Crippen LogP) is 4.68. The van der Waals surface area contributed by atoms with Gasteiger partial charge in [-0.15, -0.1) is 0 Å². The second-order valence-corrected chi connectivity index (χ2v) is 15.8. The summed E-state index contributed by atoms with van der Waals surface area (Å²) in [5.74, 6) is -0.664. The summed E-state index contributed by atoms with van der Waals surface area (Å²) in [5.41, 5.74) is 17.0. The molecule has 3 aliphatic rings. The molecule has 7 rings (SSSR count). The van der Waals surface area contributed by atoms with Gasteiger partial charge < -0.3 is 32.1 Å². The highest BCUT2D eigenvalue weighted by atomic mass is 16.3. The third-order valence-corrected chi connectivity index (χ3v) is 11.9. The number of nitrogen functional groups attached to an aromatic ring is 1. The van der Waals surface area contributed by atoms with E-state index >= 15 is 0 Å². The Bertz CT molecular complexity index is 2120. The Morgan fingerprint density at radius 1 is 0.825 bits per heavy atom. The van der Waals surface area contributed by atoms with Gasteiger partial charge in [0.15, 0.2) is 5.78 Å². The Morgan fingerprint density at radius 2 is 1.44 bits per heavy atom. The zero-order valence-corrected chi connectivity index (χ0v) is 32.1. The number of hydrogen-bond donors (Lipinski definition) is 6. The number of amides is 3. The van der Waals surface area contributed by atoms with Crippen molar-refractivity contribution in [1.29, 1.82) is 5.41 Å². The van der Waals surface area contributed by atoms with E-state index in [9.17, 15) is 24.3 Å². The Kier molecular flexibility index (Phi) is 11.8. The van der Waals surface area contributed by atoms with Crippen LogP contribution in [0.2, 0.25) is 0 Å². The van der Waals surface area contributed by atoms with Crippen LogP contribution in [0.5, 0.6) is 5.75 Å². The summed E-state index contributed by atoms with van der Waals surface area (Å²) in [6.45, 7) is 2.30. The van der Waals surface area contributed by atoms with Gasteiger partial charge in [0.2, 0.25) is 11.8 Å². The molecule has 12 nitrogen and oxygen atoms in total. The fourth-order valence-electron chi connectivity index (χ4n) is 8.80. The lowest BCUT2D eigenvalue weighted by Crippen LogP contribution is -2.52. The largest absolute Gasteiger partial charge is 0.508 e. The number of rotatable bonds is 13. The van der Waals surface area contributed by atoms with Crippen molar-refractivity contribution in [3.8, 4) is 5.75 Å². The second kappa shape index (κ2) is 17.1. The van der Waals surface area contributed by atoms with E-state index in [-0.39, 0.29) is 60.9 Å². The van der Waals surface area contributed by atoms with Crippen molar-refractivity contribution in [3.05, 3.63) is 130 Å². The van der Waals surface area contributed by atoms with Gasteiger partial charge in [0.1, 0.15) is 11.6 Å². The van der Waals surface area contributed by atoms with Gasteiger partial charge in [-0.1, -0.05) is 85.6 Å². The fourth-order valence-corrected chi connectivity index (χ4v) is 8.80. The van der Waals surface area contributed by atoms with E-state index in [0.717, 1.165) is 53.6 Å². The van der Waals surface area contributed by atoms with Gasteiger partial charge in [-0.05, 0) is 77.6 Å². The maximum atomic E-state index is 14.4. The minimum Gasteiger partial charge on any atom is -0.508 e. The van der Waals surface area contributed by atoms with E-state index < -0.39 is 23.4 Å². The van der Waals surface area contributed by atoms with Gasteiger partial charge in [-0.3, -0.25) is 29.5 Å². The van der Waals surface area contributed by atoms with Crippen LogP contribution >= 0.6 is 0 Å². The number of hydrogen-bond acceptors (Lipinski definition) is 8. The molecule has 4 aromatic carbocycles. The summed E-state index contributed by atoms with van der Waals surface area (Å²) < 4.78 is 0. The number of ketones is 1. The van der Waals surface area contributed by atoms with E-state index in [2.05, 4.69) is 21.6 Å². The number of nitrogens with two attached hydrogens (primary N) is 2. The van der Waals surface area contributed by atoms with Crippen LogP contribution in [0.25, 0.3) is 0 Å². The Balaban J connectivity index is 1.04. The lowest BCUT2D eigenvalue weighted by Gasteiger charge is -2.41. The van der Waals surface area contributed by atoms with Crippen molar-refractivity contribution in [2.75, 3.05) is 31.5 Å². The number of aromatic hydroxyl groups is 1. The molecule has 2 aliphatic heterocycles. The van der Waals surface area contributed by atoms with Gasteiger partial charge in [-0.25, -0.2) is 0 Å². The molecule has 2 heterocycles. The number of nitrogens with one attached hydrogen (secondary N) is 3. The number of amidine groups is 1. The molecule has 3 unspecified atom stereocenters. The van der Waals surface area contributed by atoms with Crippen LogP contribution in [-0.2, 0) is 27.2 Å². The highest BCUT2D eigenvalue weighted by Gasteiger charge is 2.42. The summed E-state index contributed by atoms with van der Waals surface area (Å²) in [6, 6.07) is 27.2. The molecular formula is C45H51N7O5. The first kappa shape index (κ1) is 39.4. The fraction of sp³-hybridized carbons (Fsp3) is 0.356. The van der Waals surface area contributed by atoms with Crippen molar-refractivity contribution < 1.29 is 24.3 Å². The second-order valence-electron chi connectivity index (χ2n) is 15.8. The molecule has 3 amide bonds. The standard InChI is InChI=1S/C45H51N7O5/c46-36(25-29-13-17-32(53)18-14-29)44(57)50-38(26-30-11-15-31(16-12-30)42(47)48)39(54)27-45(19-5-6-20-45)28-40(55)51-21-23-52(24-22-51)41-33-7-1-2-8-34(33)43(56)49-37-10-4-3-9-35(37)41/h1-4,7-18,36,38,41,53H,5-6,19-28,46H2,(H3,47,48)(H,49,56)(H,50,57). The zero-order chi connectivity index (χ0) is 40.1. The van der Waals surface area contributed by atoms with Crippen LogP contribution in [0.3, 0.4) is 0 Å². The van der Waals surface area contributed by atoms with Gasteiger partial charge >= 0.3 is 0 Å². The molecule has 57 heavy (non-hydrogen) atoms. The van der Waals surface area contributed by atoms with E-state index in [1.54, 1.807) is 36.4 Å². The molecule has 0 radical (unpaired) electrons. The highest BCUT2D eigenvalue weighted by molar-refractivity contribution is 6.07. The average molecular weight is 770 g/mol. The van der Waals surface area contributed by atoms with E-state index in [4.69, 9.17) is 16.9 Å². The average Bonchev–Trinajstić information content (AvgIpc) is 3.62. The number of anilines is 1. The molecule has 2 fully saturated rings. The van der Waals surface area contributed by atoms with Crippen LogP contribution in [0.4, 0.5) is 5.69 Å². The van der Waals surface area contributed by atoms with Gasteiger partial charge in [-0.2, -0.15) is 0 Å². The molecule has 0 spiro atoms. The monoisotopic (exact) mass is 769 g/mol. The number of para-hydroxylation sites is 1. The minimum atomic E-state index is -0.928. The van der Waals surface area contributed by atoms with Crippen LogP contribution in [0, 0.1) is 10.8 Å². The van der Waals surface area contributed by atoms with Crippen molar-refractivity contribution in [2.45, 2.75) is 69.5 Å². The number of carbonyl (C=O) groups excluding carboxylic acids is 4. The van der Waals surface area contributed by atoms with E-state index in [1.807, 2.05) is 47.4 Å². The number of carbonyl (C=O) groups is 4. The molecule has 296 valence electrons. The molecule has 1 aliphatic carbocycles. The van der Waals surface area contributed by atoms with Gasteiger partial charge in [0.25, 0.3) is 5.91 Å². The first-order chi connectivity index (χ1) is 27.5. The smallest absolute Gasteiger partial charge is 0.256 e. The first-order valence-electron chi connectivity index (χ1n) is 19.8. The third-order valence-electron chi connectivity index (χ3n) is 11.9. The molecule has 1 saturated heterocycles. The van der Waals surface area contributed by atoms with Crippen LogP contribution < -0.4 is 22.1 Å². The van der Waals surface area contributed by atoms with Crippen molar-refractivity contribution >= 4 is 35.0 Å². The molecule has 8 N–H and O–H groups in total. The van der Waals surface area contributed by atoms with Crippen LogP contribution in [-0.4, -0.2) is 82.5 Å². The molecule has 3 atom stereocenters. The lowest BCUT2D eigenvalue weighted by atomic mass is 9.76. The van der Waals surface area contributed by atoms with Crippen molar-refractivity contribution in [3.63, 3.8) is 0 Å². The minimum absolute atomic E-state index is 0.0270. The quantitative estimate of drug-likeness (QED) is 0.0833. The number of piperazine rings is 1. The van der Waals surface area contributed by atoms with E-state index in [0.29, 0.717) is 37.3 Å². The maximum Gasteiger partial charge on any atom is 0.256 e. The molecule has 1 saturated carbocycles. The number of Topliss-reactive ketones (excluding diaryl/α,β-unsaturated/α-hetero) is 1. The topological polar surface area (TPSA) is 195 Å².